The number of nitrogens with two attached hydrogens (primary N) is 1. The van der Waals surface area contributed by atoms with Gasteiger partial charge in [0, 0.05) is 11.3 Å². The quantitative estimate of drug-likeness (QED) is 0.813. The normalized spacial score (nSPS) is 11.5. The lowest BCUT2D eigenvalue weighted by Gasteiger charge is -2.16. The van der Waals surface area contributed by atoms with E-state index in [0.29, 0.717) is 11.3 Å². The monoisotopic (exact) mass is 334 g/mol. The molecule has 3 N–H and O–H groups in total. The maximum atomic E-state index is 12.2. The van der Waals surface area contributed by atoms with Crippen molar-refractivity contribution in [2.24, 2.45) is 0 Å². The molecule has 0 radical (unpaired) electrons. The molecule has 23 heavy (non-hydrogen) atoms. The molecule has 5 heteroatoms. The van der Waals surface area contributed by atoms with Crippen LogP contribution in [0, 0.1) is 0 Å². The van der Waals surface area contributed by atoms with Crippen molar-refractivity contribution in [3.8, 4) is 5.75 Å². The molecule has 2 aromatic carbocycles. The first-order valence-electron chi connectivity index (χ1n) is 7.38. The van der Waals surface area contributed by atoms with Gasteiger partial charge in [-0.2, -0.15) is 0 Å². The van der Waals surface area contributed by atoms with E-state index in [1.54, 1.807) is 24.3 Å². The molecule has 1 amide bonds. The predicted molar refractivity (Wildman–Crippen MR) is 96.2 cm³/mol. The SMILES string of the molecule is CC(C)Oc1ccc(C(C)NC(=O)c2cccc(N)c2)cc1.Cl. The molecule has 4 nitrogen and oxygen atoms in total. The molecule has 0 aliphatic heterocycles. The zero-order valence-corrected chi connectivity index (χ0v) is 14.4. The minimum absolute atomic E-state index is 0. The molecule has 0 aliphatic rings. The van der Waals surface area contributed by atoms with Crippen molar-refractivity contribution >= 4 is 24.0 Å². The summed E-state index contributed by atoms with van der Waals surface area (Å²) in [5.74, 6) is 0.690. The van der Waals surface area contributed by atoms with Crippen LogP contribution in [0.15, 0.2) is 48.5 Å². The summed E-state index contributed by atoms with van der Waals surface area (Å²) >= 11 is 0. The Morgan fingerprint density at radius 1 is 1.09 bits per heavy atom. The molecule has 0 fully saturated rings. The lowest BCUT2D eigenvalue weighted by Crippen LogP contribution is -2.26. The third kappa shape index (κ3) is 5.49. The fourth-order valence-electron chi connectivity index (χ4n) is 2.15. The van der Waals surface area contributed by atoms with Crippen molar-refractivity contribution < 1.29 is 9.53 Å². The average Bonchev–Trinajstić information content (AvgIpc) is 2.47. The average molecular weight is 335 g/mol. The Labute approximate surface area is 143 Å². The van der Waals surface area contributed by atoms with Crippen molar-refractivity contribution in [2.75, 3.05) is 5.73 Å². The van der Waals surface area contributed by atoms with Gasteiger partial charge in [-0.3, -0.25) is 4.79 Å². The van der Waals surface area contributed by atoms with E-state index in [-0.39, 0.29) is 30.5 Å². The second-order valence-electron chi connectivity index (χ2n) is 5.56. The molecule has 0 saturated heterocycles. The molecule has 2 rings (SSSR count). The Hall–Kier alpha value is -2.20. The number of anilines is 1. The van der Waals surface area contributed by atoms with Gasteiger partial charge in [-0.05, 0) is 56.7 Å². The third-order valence-corrected chi connectivity index (χ3v) is 3.25. The van der Waals surface area contributed by atoms with Crippen LogP contribution in [0.3, 0.4) is 0 Å². The highest BCUT2D eigenvalue weighted by Gasteiger charge is 2.11. The van der Waals surface area contributed by atoms with Crippen LogP contribution in [-0.4, -0.2) is 12.0 Å². The Morgan fingerprint density at radius 2 is 1.74 bits per heavy atom. The van der Waals surface area contributed by atoms with Crippen LogP contribution in [0.5, 0.6) is 5.75 Å². The number of hydrogen-bond acceptors (Lipinski definition) is 3. The van der Waals surface area contributed by atoms with E-state index in [4.69, 9.17) is 10.5 Å². The van der Waals surface area contributed by atoms with Gasteiger partial charge < -0.3 is 15.8 Å². The molecule has 124 valence electrons. The fraction of sp³-hybridized carbons (Fsp3) is 0.278. The maximum absolute atomic E-state index is 12.2. The van der Waals surface area contributed by atoms with Gasteiger partial charge in [0.05, 0.1) is 12.1 Å². The van der Waals surface area contributed by atoms with E-state index < -0.39 is 0 Å². The number of benzene rings is 2. The first kappa shape index (κ1) is 18.8. The van der Waals surface area contributed by atoms with E-state index in [9.17, 15) is 4.79 Å². The molecule has 0 bridgehead atoms. The van der Waals surface area contributed by atoms with Crippen LogP contribution in [0.2, 0.25) is 0 Å². The van der Waals surface area contributed by atoms with Crippen LogP contribution in [0.25, 0.3) is 0 Å². The summed E-state index contributed by atoms with van der Waals surface area (Å²) in [4.78, 5) is 12.2. The summed E-state index contributed by atoms with van der Waals surface area (Å²) < 4.78 is 5.61. The van der Waals surface area contributed by atoms with Crippen LogP contribution in [0.4, 0.5) is 5.69 Å². The topological polar surface area (TPSA) is 64.3 Å². The molecular weight excluding hydrogens is 312 g/mol. The Balaban J connectivity index is 0.00000264. The van der Waals surface area contributed by atoms with Crippen molar-refractivity contribution in [1.82, 2.24) is 5.32 Å². The Morgan fingerprint density at radius 3 is 2.30 bits per heavy atom. The van der Waals surface area contributed by atoms with Gasteiger partial charge in [0.15, 0.2) is 0 Å². The van der Waals surface area contributed by atoms with Crippen LogP contribution in [0.1, 0.15) is 42.7 Å². The summed E-state index contributed by atoms with van der Waals surface area (Å²) in [5.41, 5.74) is 7.86. The van der Waals surface area contributed by atoms with Gasteiger partial charge in [0.2, 0.25) is 0 Å². The zero-order valence-electron chi connectivity index (χ0n) is 13.6. The molecule has 0 spiro atoms. The predicted octanol–water partition coefficient (Wildman–Crippen LogP) is 3.97. The van der Waals surface area contributed by atoms with Gasteiger partial charge in [-0.25, -0.2) is 0 Å². The summed E-state index contributed by atoms with van der Waals surface area (Å²) in [7, 11) is 0. The molecule has 0 heterocycles. The first-order valence-corrected chi connectivity index (χ1v) is 7.38. The minimum atomic E-state index is -0.137. The molecule has 1 unspecified atom stereocenters. The number of rotatable bonds is 5. The summed E-state index contributed by atoms with van der Waals surface area (Å²) in [5, 5.41) is 2.96. The van der Waals surface area contributed by atoms with E-state index in [2.05, 4.69) is 5.32 Å². The summed E-state index contributed by atoms with van der Waals surface area (Å²) in [6.45, 7) is 5.92. The van der Waals surface area contributed by atoms with Gasteiger partial charge in [-0.1, -0.05) is 18.2 Å². The number of nitrogen functional groups attached to an aromatic ring is 1. The lowest BCUT2D eigenvalue weighted by molar-refractivity contribution is 0.0940. The number of nitrogens with one attached hydrogen (secondary N) is 1. The van der Waals surface area contributed by atoms with Crippen molar-refractivity contribution in [3.63, 3.8) is 0 Å². The van der Waals surface area contributed by atoms with Crippen LogP contribution >= 0.6 is 12.4 Å². The largest absolute Gasteiger partial charge is 0.491 e. The zero-order chi connectivity index (χ0) is 16.1. The van der Waals surface area contributed by atoms with E-state index in [1.807, 2.05) is 45.0 Å². The second kappa shape index (κ2) is 8.44. The van der Waals surface area contributed by atoms with Crippen LogP contribution in [-0.2, 0) is 0 Å². The number of ether oxygens (including phenoxy) is 1. The highest BCUT2D eigenvalue weighted by molar-refractivity contribution is 5.95. The van der Waals surface area contributed by atoms with Crippen molar-refractivity contribution in [1.29, 1.82) is 0 Å². The smallest absolute Gasteiger partial charge is 0.251 e. The number of halogens is 1. The lowest BCUT2D eigenvalue weighted by atomic mass is 10.1. The van der Waals surface area contributed by atoms with Gasteiger partial charge >= 0.3 is 0 Å². The second-order valence-corrected chi connectivity index (χ2v) is 5.56. The summed E-state index contributed by atoms with van der Waals surface area (Å²) in [6.07, 6.45) is 0.145. The number of amides is 1. The highest BCUT2D eigenvalue weighted by Crippen LogP contribution is 2.19. The minimum Gasteiger partial charge on any atom is -0.491 e. The molecule has 0 saturated carbocycles. The number of hydrogen-bond donors (Lipinski definition) is 2. The number of carbonyl (C=O) groups excluding carboxylic acids is 1. The van der Waals surface area contributed by atoms with E-state index in [0.717, 1.165) is 11.3 Å². The van der Waals surface area contributed by atoms with E-state index >= 15 is 0 Å². The van der Waals surface area contributed by atoms with Crippen molar-refractivity contribution in [2.45, 2.75) is 32.9 Å². The molecule has 2 aromatic rings. The van der Waals surface area contributed by atoms with Gasteiger partial charge in [0.1, 0.15) is 5.75 Å². The molecular formula is C18H23ClN2O2. The van der Waals surface area contributed by atoms with E-state index in [1.165, 1.54) is 0 Å². The maximum Gasteiger partial charge on any atom is 0.251 e. The fourth-order valence-corrected chi connectivity index (χ4v) is 2.15. The van der Waals surface area contributed by atoms with Crippen molar-refractivity contribution in [3.05, 3.63) is 59.7 Å². The van der Waals surface area contributed by atoms with Gasteiger partial charge in [0.25, 0.3) is 5.91 Å². The first-order chi connectivity index (χ1) is 10.5. The molecule has 0 aliphatic carbocycles. The molecule has 0 aromatic heterocycles. The number of carbonyl (C=O) groups is 1. The van der Waals surface area contributed by atoms with Gasteiger partial charge in [-0.15, -0.1) is 12.4 Å². The Bertz CT molecular complexity index is 642. The molecule has 1 atom stereocenters. The highest BCUT2D eigenvalue weighted by atomic mass is 35.5. The third-order valence-electron chi connectivity index (χ3n) is 3.25. The standard InChI is InChI=1S/C18H22N2O2.ClH/c1-12(2)22-17-9-7-14(8-10-17)13(3)20-18(21)15-5-4-6-16(19)11-15;/h4-13H,19H2,1-3H3,(H,20,21);1H. The Kier molecular flexibility index (Phi) is 6.91. The van der Waals surface area contributed by atoms with Crippen LogP contribution < -0.4 is 15.8 Å². The summed E-state index contributed by atoms with van der Waals surface area (Å²) in [6, 6.07) is 14.6.